The Morgan fingerprint density at radius 3 is 2.78 bits per heavy atom. The van der Waals surface area contributed by atoms with Crippen LogP contribution in [-0.2, 0) is 16.0 Å². The summed E-state index contributed by atoms with van der Waals surface area (Å²) in [4.78, 5) is 35.1. The van der Waals surface area contributed by atoms with Gasteiger partial charge in [0.05, 0.1) is 25.0 Å². The number of likely N-dealkylation sites (tertiary alicyclic amines) is 1. The van der Waals surface area contributed by atoms with Crippen molar-refractivity contribution in [2.75, 3.05) is 19.6 Å². The van der Waals surface area contributed by atoms with Crippen molar-refractivity contribution in [1.29, 1.82) is 0 Å². The molecule has 1 saturated heterocycles. The highest BCUT2D eigenvalue weighted by Crippen LogP contribution is 2.37. The van der Waals surface area contributed by atoms with Gasteiger partial charge in [-0.3, -0.25) is 19.6 Å². The number of benzene rings is 2. The summed E-state index contributed by atoms with van der Waals surface area (Å²) in [6, 6.07) is 16.0. The van der Waals surface area contributed by atoms with E-state index in [1.54, 1.807) is 23.5 Å². The van der Waals surface area contributed by atoms with Crippen molar-refractivity contribution >= 4 is 11.8 Å². The molecule has 1 aromatic heterocycles. The van der Waals surface area contributed by atoms with Crippen LogP contribution in [0.5, 0.6) is 5.75 Å². The molecule has 2 amide bonds. The Morgan fingerprint density at radius 1 is 1.09 bits per heavy atom. The number of carbonyl (C=O) groups is 2. The lowest BCUT2D eigenvalue weighted by Gasteiger charge is -2.18. The molecule has 0 spiro atoms. The summed E-state index contributed by atoms with van der Waals surface area (Å²) in [7, 11) is 0. The van der Waals surface area contributed by atoms with Crippen LogP contribution in [0.1, 0.15) is 23.5 Å². The molecule has 7 heteroatoms. The highest BCUT2D eigenvalue weighted by molar-refractivity contribution is 5.86. The van der Waals surface area contributed by atoms with Crippen LogP contribution >= 0.6 is 0 Å². The smallest absolute Gasteiger partial charge is 0.239 e. The molecule has 2 atom stereocenters. The van der Waals surface area contributed by atoms with E-state index in [2.05, 4.69) is 15.3 Å². The van der Waals surface area contributed by atoms with Crippen LogP contribution < -0.4 is 10.1 Å². The largest absolute Gasteiger partial charge is 0.487 e. The second kappa shape index (κ2) is 8.78. The summed E-state index contributed by atoms with van der Waals surface area (Å²) in [5.74, 6) is 0.796. The van der Waals surface area contributed by atoms with Crippen LogP contribution in [0.25, 0.3) is 11.3 Å². The molecule has 1 fully saturated rings. The van der Waals surface area contributed by atoms with Gasteiger partial charge in [0.1, 0.15) is 11.9 Å². The Bertz CT molecular complexity index is 1120. The molecule has 3 aromatic rings. The fourth-order valence-electron chi connectivity index (χ4n) is 4.42. The van der Waals surface area contributed by atoms with Gasteiger partial charge in [0.2, 0.25) is 11.8 Å². The van der Waals surface area contributed by atoms with Gasteiger partial charge in [0.25, 0.3) is 0 Å². The maximum Gasteiger partial charge on any atom is 0.239 e. The summed E-state index contributed by atoms with van der Waals surface area (Å²) in [5.41, 5.74) is 3.89. The molecule has 0 radical (unpaired) electrons. The summed E-state index contributed by atoms with van der Waals surface area (Å²) in [6.07, 6.45) is 6.01. The molecule has 2 aliphatic heterocycles. The standard InChI is InChI=1S/C25H24N4O3/c30-23(16-29-15-19(12-24(29)31)17-5-2-1-3-6-17)28-13-20-11-18-7-4-8-21(25(18)32-20)22-14-26-9-10-27-22/h1-10,14,19-20H,11-13,15-16H2,(H,28,30). The van der Waals surface area contributed by atoms with Gasteiger partial charge < -0.3 is 15.0 Å². The Kier molecular flexibility index (Phi) is 5.54. The van der Waals surface area contributed by atoms with Gasteiger partial charge in [0, 0.05) is 43.3 Å². The van der Waals surface area contributed by atoms with E-state index in [4.69, 9.17) is 4.74 Å². The Hall–Kier alpha value is -3.74. The number of amides is 2. The number of aromatic nitrogens is 2. The van der Waals surface area contributed by atoms with E-state index < -0.39 is 0 Å². The highest BCUT2D eigenvalue weighted by Gasteiger charge is 2.32. The van der Waals surface area contributed by atoms with Crippen molar-refractivity contribution in [1.82, 2.24) is 20.2 Å². The molecular formula is C25H24N4O3. The molecule has 162 valence electrons. The first-order chi connectivity index (χ1) is 15.7. The first kappa shape index (κ1) is 20.2. The van der Waals surface area contributed by atoms with Crippen molar-refractivity contribution < 1.29 is 14.3 Å². The first-order valence-corrected chi connectivity index (χ1v) is 10.8. The number of ether oxygens (including phenoxy) is 1. The van der Waals surface area contributed by atoms with E-state index in [0.29, 0.717) is 25.9 Å². The van der Waals surface area contributed by atoms with Crippen LogP contribution in [0, 0.1) is 0 Å². The fraction of sp³-hybridized carbons (Fsp3) is 0.280. The van der Waals surface area contributed by atoms with E-state index in [1.165, 1.54) is 0 Å². The number of nitrogens with one attached hydrogen (secondary N) is 1. The molecule has 2 aliphatic rings. The van der Waals surface area contributed by atoms with Gasteiger partial charge in [-0.25, -0.2) is 0 Å². The number of nitrogens with zero attached hydrogens (tertiary/aromatic N) is 3. The van der Waals surface area contributed by atoms with Crippen LogP contribution in [0.3, 0.4) is 0 Å². The third kappa shape index (κ3) is 4.19. The molecule has 3 heterocycles. The van der Waals surface area contributed by atoms with Crippen LogP contribution in [0.15, 0.2) is 67.1 Å². The van der Waals surface area contributed by atoms with Crippen molar-refractivity contribution in [3.05, 3.63) is 78.2 Å². The van der Waals surface area contributed by atoms with Gasteiger partial charge in [-0.05, 0) is 17.2 Å². The van der Waals surface area contributed by atoms with Gasteiger partial charge in [0.15, 0.2) is 0 Å². The molecule has 5 rings (SSSR count). The molecule has 0 aliphatic carbocycles. The monoisotopic (exact) mass is 428 g/mol. The second-order valence-corrected chi connectivity index (χ2v) is 8.22. The molecule has 7 nitrogen and oxygen atoms in total. The normalized spacial score (nSPS) is 19.5. The zero-order chi connectivity index (χ0) is 21.9. The van der Waals surface area contributed by atoms with E-state index in [9.17, 15) is 9.59 Å². The van der Waals surface area contributed by atoms with Crippen molar-refractivity contribution in [2.45, 2.75) is 24.9 Å². The van der Waals surface area contributed by atoms with Crippen LogP contribution in [0.4, 0.5) is 0 Å². The minimum Gasteiger partial charge on any atom is -0.487 e. The van der Waals surface area contributed by atoms with Gasteiger partial charge in [-0.15, -0.1) is 0 Å². The molecule has 2 aromatic carbocycles. The maximum atomic E-state index is 12.5. The minimum absolute atomic E-state index is 0.0205. The van der Waals surface area contributed by atoms with Crippen molar-refractivity contribution in [3.63, 3.8) is 0 Å². The van der Waals surface area contributed by atoms with E-state index >= 15 is 0 Å². The van der Waals surface area contributed by atoms with Gasteiger partial charge >= 0.3 is 0 Å². The van der Waals surface area contributed by atoms with Crippen molar-refractivity contribution in [2.24, 2.45) is 0 Å². The zero-order valence-corrected chi connectivity index (χ0v) is 17.6. The second-order valence-electron chi connectivity index (χ2n) is 8.22. The van der Waals surface area contributed by atoms with Gasteiger partial charge in [-0.2, -0.15) is 0 Å². The first-order valence-electron chi connectivity index (χ1n) is 10.8. The number of carbonyl (C=O) groups excluding carboxylic acids is 2. The molecule has 2 unspecified atom stereocenters. The number of para-hydroxylation sites is 1. The van der Waals surface area contributed by atoms with E-state index in [0.717, 1.165) is 28.1 Å². The lowest BCUT2D eigenvalue weighted by atomic mass is 9.99. The summed E-state index contributed by atoms with van der Waals surface area (Å²) in [5, 5.41) is 2.93. The van der Waals surface area contributed by atoms with Crippen LogP contribution in [-0.4, -0.2) is 52.4 Å². The Labute approximate surface area is 186 Å². The lowest BCUT2D eigenvalue weighted by Crippen LogP contribution is -2.41. The quantitative estimate of drug-likeness (QED) is 0.652. The maximum absolute atomic E-state index is 12.5. The lowest BCUT2D eigenvalue weighted by molar-refractivity contribution is -0.133. The number of fused-ring (bicyclic) bond motifs is 1. The summed E-state index contributed by atoms with van der Waals surface area (Å²) in [6.45, 7) is 1.04. The molecule has 32 heavy (non-hydrogen) atoms. The Morgan fingerprint density at radius 2 is 1.97 bits per heavy atom. The minimum atomic E-state index is -0.166. The predicted molar refractivity (Wildman–Crippen MR) is 119 cm³/mol. The fourth-order valence-corrected chi connectivity index (χ4v) is 4.42. The number of rotatable bonds is 6. The van der Waals surface area contributed by atoms with Gasteiger partial charge in [-0.1, -0.05) is 42.5 Å². The Balaban J connectivity index is 1.15. The van der Waals surface area contributed by atoms with Crippen molar-refractivity contribution in [3.8, 4) is 17.0 Å². The predicted octanol–water partition coefficient (Wildman–Crippen LogP) is 2.58. The zero-order valence-electron chi connectivity index (χ0n) is 17.6. The van der Waals surface area contributed by atoms with Crippen LogP contribution in [0.2, 0.25) is 0 Å². The average molecular weight is 428 g/mol. The summed E-state index contributed by atoms with van der Waals surface area (Å²) >= 11 is 0. The molecular weight excluding hydrogens is 404 g/mol. The third-order valence-electron chi connectivity index (χ3n) is 6.01. The number of hydrogen-bond acceptors (Lipinski definition) is 5. The van der Waals surface area contributed by atoms with E-state index in [-0.39, 0.29) is 30.4 Å². The molecule has 0 saturated carbocycles. The SMILES string of the molecule is O=C(CN1CC(c2ccccc2)CC1=O)NCC1Cc2cccc(-c3cnccn3)c2O1. The number of hydrogen-bond donors (Lipinski definition) is 1. The summed E-state index contributed by atoms with van der Waals surface area (Å²) < 4.78 is 6.15. The van der Waals surface area contributed by atoms with E-state index in [1.807, 2.05) is 48.5 Å². The molecule has 0 bridgehead atoms. The average Bonchev–Trinajstić information content (AvgIpc) is 3.42. The molecule has 1 N–H and O–H groups in total. The highest BCUT2D eigenvalue weighted by atomic mass is 16.5. The third-order valence-corrected chi connectivity index (χ3v) is 6.01. The topological polar surface area (TPSA) is 84.4 Å².